The Balaban J connectivity index is 1.43. The predicted molar refractivity (Wildman–Crippen MR) is 139 cm³/mol. The van der Waals surface area contributed by atoms with E-state index in [0.717, 1.165) is 10.5 Å². The molecule has 38 heavy (non-hydrogen) atoms. The Morgan fingerprint density at radius 1 is 0.921 bits per heavy atom. The molecule has 2 N–H and O–H groups in total. The number of hydrogen-bond donors (Lipinski definition) is 2. The van der Waals surface area contributed by atoms with Crippen molar-refractivity contribution < 1.29 is 33.4 Å². The summed E-state index contributed by atoms with van der Waals surface area (Å²) in [6, 6.07) is 18.5. The average Bonchev–Trinajstić information content (AvgIpc) is 2.91. The Hall–Kier alpha value is -5.25. The van der Waals surface area contributed by atoms with Crippen LogP contribution in [0.4, 0.5) is 16.2 Å². The number of carbonyl (C=O) groups is 5. The van der Waals surface area contributed by atoms with Crippen LogP contribution in [0.25, 0.3) is 6.08 Å². The highest BCUT2D eigenvalue weighted by Crippen LogP contribution is 2.23. The topological polar surface area (TPSA) is 131 Å². The van der Waals surface area contributed by atoms with Gasteiger partial charge in [-0.25, -0.2) is 14.5 Å². The third kappa shape index (κ3) is 5.93. The van der Waals surface area contributed by atoms with Crippen molar-refractivity contribution >= 4 is 47.2 Å². The van der Waals surface area contributed by atoms with Gasteiger partial charge in [0.2, 0.25) is 0 Å². The summed E-state index contributed by atoms with van der Waals surface area (Å²) < 4.78 is 10.2. The maximum atomic E-state index is 13.1. The normalized spacial score (nSPS) is 14.2. The van der Waals surface area contributed by atoms with E-state index in [1.165, 1.54) is 37.5 Å². The molecule has 5 amide bonds. The summed E-state index contributed by atoms with van der Waals surface area (Å²) in [6.07, 6.45) is 1.34. The number of aryl methyl sites for hydroxylation is 1. The Morgan fingerprint density at radius 3 is 2.21 bits per heavy atom. The van der Waals surface area contributed by atoms with Crippen molar-refractivity contribution in [3.63, 3.8) is 0 Å². The van der Waals surface area contributed by atoms with Gasteiger partial charge in [-0.1, -0.05) is 29.8 Å². The maximum absolute atomic E-state index is 13.1. The smallest absolute Gasteiger partial charge is 0.337 e. The van der Waals surface area contributed by atoms with Gasteiger partial charge in [0.1, 0.15) is 11.3 Å². The van der Waals surface area contributed by atoms with Gasteiger partial charge >= 0.3 is 12.0 Å². The van der Waals surface area contributed by atoms with E-state index in [1.807, 2.05) is 19.1 Å². The number of nitrogens with one attached hydrogen (secondary N) is 2. The summed E-state index contributed by atoms with van der Waals surface area (Å²) in [5.74, 6) is -2.14. The number of carbonyl (C=O) groups excluding carboxylic acids is 5. The SMILES string of the molecule is COC(=O)c1ccc(N2C(=O)NC(=O)/C(=C\c3ccc(OCC(=O)Nc4ccc(C)cc4)cc3)C2=O)cc1. The minimum Gasteiger partial charge on any atom is -0.484 e. The molecule has 0 aromatic heterocycles. The van der Waals surface area contributed by atoms with Crippen LogP contribution in [-0.2, 0) is 19.1 Å². The molecule has 0 bridgehead atoms. The molecule has 0 atom stereocenters. The second kappa shape index (κ2) is 11.2. The molecular formula is C28H23N3O7. The molecule has 0 unspecified atom stereocenters. The number of amides is 5. The first-order valence-corrected chi connectivity index (χ1v) is 11.4. The van der Waals surface area contributed by atoms with Crippen LogP contribution in [0.1, 0.15) is 21.5 Å². The van der Waals surface area contributed by atoms with Gasteiger partial charge in [-0.15, -0.1) is 0 Å². The summed E-state index contributed by atoms with van der Waals surface area (Å²) in [7, 11) is 1.24. The molecule has 1 heterocycles. The van der Waals surface area contributed by atoms with Crippen molar-refractivity contribution in [3.8, 4) is 5.75 Å². The highest BCUT2D eigenvalue weighted by molar-refractivity contribution is 6.39. The Kier molecular flexibility index (Phi) is 7.62. The van der Waals surface area contributed by atoms with Gasteiger partial charge in [-0.05, 0) is 67.1 Å². The summed E-state index contributed by atoms with van der Waals surface area (Å²) in [6.45, 7) is 1.74. The second-order valence-electron chi connectivity index (χ2n) is 8.27. The molecule has 0 spiro atoms. The van der Waals surface area contributed by atoms with Crippen LogP contribution >= 0.6 is 0 Å². The highest BCUT2D eigenvalue weighted by Gasteiger charge is 2.36. The second-order valence-corrected chi connectivity index (χ2v) is 8.27. The van der Waals surface area contributed by atoms with E-state index in [-0.39, 0.29) is 29.3 Å². The van der Waals surface area contributed by atoms with Gasteiger partial charge in [0, 0.05) is 5.69 Å². The van der Waals surface area contributed by atoms with E-state index in [0.29, 0.717) is 17.0 Å². The first kappa shape index (κ1) is 25.8. The van der Waals surface area contributed by atoms with Crippen LogP contribution in [0.2, 0.25) is 0 Å². The molecule has 1 aliphatic heterocycles. The van der Waals surface area contributed by atoms with Gasteiger partial charge in [-0.2, -0.15) is 0 Å². The third-order valence-electron chi connectivity index (χ3n) is 5.54. The summed E-state index contributed by atoms with van der Waals surface area (Å²) in [5, 5.41) is 4.88. The number of methoxy groups -OCH3 is 1. The number of barbiturate groups is 1. The quantitative estimate of drug-likeness (QED) is 0.281. The van der Waals surface area contributed by atoms with E-state index in [2.05, 4.69) is 15.4 Å². The van der Waals surface area contributed by atoms with Gasteiger partial charge in [0.15, 0.2) is 6.61 Å². The Bertz CT molecular complexity index is 1430. The molecule has 3 aromatic carbocycles. The molecule has 1 saturated heterocycles. The molecule has 192 valence electrons. The number of anilines is 2. The summed E-state index contributed by atoms with van der Waals surface area (Å²) in [5.41, 5.74) is 2.39. The van der Waals surface area contributed by atoms with Crippen LogP contribution < -0.4 is 20.3 Å². The molecule has 1 fully saturated rings. The number of nitrogens with zero attached hydrogens (tertiary/aromatic N) is 1. The zero-order chi connectivity index (χ0) is 27.2. The number of imide groups is 2. The third-order valence-corrected chi connectivity index (χ3v) is 5.54. The van der Waals surface area contributed by atoms with Crippen molar-refractivity contribution in [1.29, 1.82) is 0 Å². The first-order valence-electron chi connectivity index (χ1n) is 11.4. The van der Waals surface area contributed by atoms with Gasteiger partial charge in [-0.3, -0.25) is 19.7 Å². The van der Waals surface area contributed by atoms with Crippen LogP contribution in [0.5, 0.6) is 5.75 Å². The molecule has 4 rings (SSSR count). The van der Waals surface area contributed by atoms with Crippen molar-refractivity contribution in [3.05, 3.63) is 95.1 Å². The first-order chi connectivity index (χ1) is 18.2. The van der Waals surface area contributed by atoms with Crippen LogP contribution in [0.3, 0.4) is 0 Å². The van der Waals surface area contributed by atoms with Crippen LogP contribution in [-0.4, -0.2) is 43.4 Å². The van der Waals surface area contributed by atoms with Gasteiger partial charge in [0.25, 0.3) is 17.7 Å². The molecule has 0 aliphatic carbocycles. The van der Waals surface area contributed by atoms with Crippen molar-refractivity contribution in [2.45, 2.75) is 6.92 Å². The monoisotopic (exact) mass is 513 g/mol. The lowest BCUT2D eigenvalue weighted by atomic mass is 10.1. The fourth-order valence-electron chi connectivity index (χ4n) is 3.57. The van der Waals surface area contributed by atoms with E-state index in [9.17, 15) is 24.0 Å². The number of urea groups is 1. The van der Waals surface area contributed by atoms with E-state index < -0.39 is 23.8 Å². The maximum Gasteiger partial charge on any atom is 0.337 e. The zero-order valence-electron chi connectivity index (χ0n) is 20.5. The number of esters is 1. The van der Waals surface area contributed by atoms with Crippen molar-refractivity contribution in [1.82, 2.24) is 5.32 Å². The highest BCUT2D eigenvalue weighted by atomic mass is 16.5. The van der Waals surface area contributed by atoms with Gasteiger partial charge < -0.3 is 14.8 Å². The lowest BCUT2D eigenvalue weighted by Crippen LogP contribution is -2.54. The fraction of sp³-hybridized carbons (Fsp3) is 0.107. The zero-order valence-corrected chi connectivity index (χ0v) is 20.5. The summed E-state index contributed by atoms with van der Waals surface area (Å²) >= 11 is 0. The molecule has 10 nitrogen and oxygen atoms in total. The number of hydrogen-bond acceptors (Lipinski definition) is 7. The Morgan fingerprint density at radius 2 is 1.58 bits per heavy atom. The average molecular weight is 514 g/mol. The minimum atomic E-state index is -0.907. The number of rotatable bonds is 7. The van der Waals surface area contributed by atoms with Crippen molar-refractivity contribution in [2.75, 3.05) is 23.9 Å². The van der Waals surface area contributed by atoms with Crippen LogP contribution in [0, 0.1) is 6.92 Å². The lowest BCUT2D eigenvalue weighted by molar-refractivity contribution is -0.122. The molecule has 3 aromatic rings. The molecule has 0 radical (unpaired) electrons. The standard InChI is InChI=1S/C28H23N3O7/c1-17-3-9-20(10-4-17)29-24(32)16-38-22-13-5-18(6-14-22)15-23-25(33)30-28(36)31(26(23)34)21-11-7-19(8-12-21)27(35)37-2/h3-15H,16H2,1-2H3,(H,29,32)(H,30,33,36)/b23-15+. The fourth-order valence-corrected chi connectivity index (χ4v) is 3.57. The van der Waals surface area contributed by atoms with E-state index in [1.54, 1.807) is 36.4 Å². The molecule has 10 heteroatoms. The van der Waals surface area contributed by atoms with Crippen LogP contribution in [0.15, 0.2) is 78.4 Å². The number of ether oxygens (including phenoxy) is 2. The van der Waals surface area contributed by atoms with Crippen molar-refractivity contribution in [2.24, 2.45) is 0 Å². The molecule has 1 aliphatic rings. The molecule has 0 saturated carbocycles. The molecular weight excluding hydrogens is 490 g/mol. The summed E-state index contributed by atoms with van der Waals surface area (Å²) in [4.78, 5) is 62.4. The van der Waals surface area contributed by atoms with E-state index >= 15 is 0 Å². The number of benzene rings is 3. The largest absolute Gasteiger partial charge is 0.484 e. The lowest BCUT2D eigenvalue weighted by Gasteiger charge is -2.26. The Labute approximate surface area is 217 Å². The minimum absolute atomic E-state index is 0.172. The predicted octanol–water partition coefficient (Wildman–Crippen LogP) is 3.47. The van der Waals surface area contributed by atoms with E-state index in [4.69, 9.17) is 4.74 Å². The van der Waals surface area contributed by atoms with Gasteiger partial charge in [0.05, 0.1) is 18.4 Å².